The van der Waals surface area contributed by atoms with Gasteiger partial charge in [0.15, 0.2) is 0 Å². The van der Waals surface area contributed by atoms with Gasteiger partial charge in [-0.2, -0.15) is 0 Å². The molecular weight excluding hydrogens is 516 g/mol. The number of carbonyl (C=O) groups excluding carboxylic acids is 1. The molecule has 0 saturated carbocycles. The number of fused-ring (bicyclic) bond motifs is 1. The molecule has 0 aliphatic rings. The maximum atomic E-state index is 13.6. The van der Waals surface area contributed by atoms with Crippen molar-refractivity contribution >= 4 is 38.8 Å². The molecule has 1 unspecified atom stereocenters. The van der Waals surface area contributed by atoms with Gasteiger partial charge in [0, 0.05) is 23.6 Å². The van der Waals surface area contributed by atoms with Crippen LogP contribution < -0.4 is 10.6 Å². The smallest absolute Gasteiger partial charge is 0.241 e. The summed E-state index contributed by atoms with van der Waals surface area (Å²) in [6, 6.07) is 17.3. The van der Waals surface area contributed by atoms with Gasteiger partial charge in [0.25, 0.3) is 0 Å². The number of hydrogen-bond donors (Lipinski definition) is 4. The first-order chi connectivity index (χ1) is 16.9. The Bertz CT molecular complexity index is 1340. The molecule has 4 rings (SSSR count). The normalized spacial score (nSPS) is 13.3. The summed E-state index contributed by atoms with van der Waals surface area (Å²) < 4.78 is 27.4. The van der Waals surface area contributed by atoms with E-state index in [1.165, 1.54) is 24.3 Å². The Balaban J connectivity index is 1.42. The molecule has 0 saturated heterocycles. The molecule has 35 heavy (non-hydrogen) atoms. The predicted molar refractivity (Wildman–Crippen MR) is 136 cm³/mol. The average molecular weight is 540 g/mol. The predicted octanol–water partition coefficient (Wildman–Crippen LogP) is 5.23. The van der Waals surface area contributed by atoms with Crippen LogP contribution in [-0.2, 0) is 11.2 Å². The molecule has 5 nitrogen and oxygen atoms in total. The molecule has 0 spiro atoms. The molecule has 8 heteroatoms. The zero-order chi connectivity index (χ0) is 24.8. The van der Waals surface area contributed by atoms with Crippen LogP contribution in [-0.4, -0.2) is 28.8 Å². The second-order valence-electron chi connectivity index (χ2n) is 8.03. The van der Waals surface area contributed by atoms with Crippen LogP contribution in [0.15, 0.2) is 83.5 Å². The van der Waals surface area contributed by atoms with Gasteiger partial charge in [0.2, 0.25) is 5.91 Å². The lowest BCUT2D eigenvalue weighted by Gasteiger charge is -2.21. The van der Waals surface area contributed by atoms with Gasteiger partial charge in [0.1, 0.15) is 23.9 Å². The van der Waals surface area contributed by atoms with Gasteiger partial charge in [-0.3, -0.25) is 10.1 Å². The van der Waals surface area contributed by atoms with Crippen LogP contribution in [0.4, 0.5) is 8.78 Å². The molecule has 0 bridgehead atoms. The SMILES string of the molecule is O=C(NCCc1c[nH]c2ccc(F)cc12)[C@H](NC(O)/C=C/c1ccc(F)c(Br)c1)c1ccccc1. The molecule has 1 aromatic heterocycles. The van der Waals surface area contributed by atoms with Crippen molar-refractivity contribution in [2.75, 3.05) is 6.54 Å². The first-order valence-corrected chi connectivity index (χ1v) is 11.9. The Hall–Kier alpha value is -3.33. The lowest BCUT2D eigenvalue weighted by atomic mass is 10.1. The standard InChI is InChI=1S/C27H24BrF2N3O2/c28-22-14-17(6-9-23(22)30)7-11-25(34)33-26(18-4-2-1-3-5-18)27(35)31-13-12-19-16-32-24-10-8-20(29)15-21(19)24/h1-11,14-16,25-26,32-34H,12-13H2,(H,31,35)/b11-7+/t25?,26-/m1/s1. The van der Waals surface area contributed by atoms with Crippen molar-refractivity contribution in [3.63, 3.8) is 0 Å². The molecule has 3 aromatic carbocycles. The van der Waals surface area contributed by atoms with Gasteiger partial charge in [0.05, 0.1) is 4.47 Å². The van der Waals surface area contributed by atoms with Gasteiger partial charge in [-0.1, -0.05) is 42.5 Å². The van der Waals surface area contributed by atoms with Gasteiger partial charge in [-0.05, 0) is 75.4 Å². The van der Waals surface area contributed by atoms with Crippen molar-refractivity contribution in [2.24, 2.45) is 0 Å². The lowest BCUT2D eigenvalue weighted by molar-refractivity contribution is -0.124. The summed E-state index contributed by atoms with van der Waals surface area (Å²) in [5, 5.41) is 17.1. The molecule has 4 N–H and O–H groups in total. The number of halogens is 3. The highest BCUT2D eigenvalue weighted by Crippen LogP contribution is 2.20. The fourth-order valence-corrected chi connectivity index (χ4v) is 4.19. The molecule has 180 valence electrons. The molecular formula is C27H24BrF2N3O2. The minimum absolute atomic E-state index is 0.306. The van der Waals surface area contributed by atoms with E-state index in [1.54, 1.807) is 36.4 Å². The molecule has 4 aromatic rings. The Labute approximate surface area is 210 Å². The van der Waals surface area contributed by atoms with E-state index in [0.29, 0.717) is 28.6 Å². The van der Waals surface area contributed by atoms with Crippen molar-refractivity contribution in [1.82, 2.24) is 15.6 Å². The zero-order valence-corrected chi connectivity index (χ0v) is 20.2. The van der Waals surface area contributed by atoms with Crippen LogP contribution in [0.2, 0.25) is 0 Å². The molecule has 0 aliphatic carbocycles. The van der Waals surface area contributed by atoms with E-state index >= 15 is 0 Å². The van der Waals surface area contributed by atoms with Crippen LogP contribution >= 0.6 is 15.9 Å². The number of amides is 1. The number of hydrogen-bond acceptors (Lipinski definition) is 3. The zero-order valence-electron chi connectivity index (χ0n) is 18.6. The third-order valence-electron chi connectivity index (χ3n) is 5.57. The number of aliphatic hydroxyl groups excluding tert-OH is 1. The first-order valence-electron chi connectivity index (χ1n) is 11.1. The number of benzene rings is 3. The van der Waals surface area contributed by atoms with E-state index in [0.717, 1.165) is 16.5 Å². The number of H-pyrrole nitrogens is 1. The monoisotopic (exact) mass is 539 g/mol. The number of aromatic amines is 1. The van der Waals surface area contributed by atoms with Crippen LogP contribution in [0.3, 0.4) is 0 Å². The number of carbonyl (C=O) groups is 1. The van der Waals surface area contributed by atoms with Gasteiger partial charge in [-0.25, -0.2) is 8.78 Å². The number of rotatable bonds is 9. The van der Waals surface area contributed by atoms with E-state index in [9.17, 15) is 18.7 Å². The maximum Gasteiger partial charge on any atom is 0.241 e. The third kappa shape index (κ3) is 6.42. The van der Waals surface area contributed by atoms with E-state index in [-0.39, 0.29) is 17.5 Å². The fraction of sp³-hybridized carbons (Fsp3) is 0.148. The van der Waals surface area contributed by atoms with Crippen molar-refractivity contribution in [3.05, 3.63) is 112 Å². The number of aromatic nitrogens is 1. The minimum atomic E-state index is -1.13. The highest BCUT2D eigenvalue weighted by Gasteiger charge is 2.22. The third-order valence-corrected chi connectivity index (χ3v) is 6.18. The molecule has 1 heterocycles. The Morgan fingerprint density at radius 1 is 1.09 bits per heavy atom. The van der Waals surface area contributed by atoms with Crippen LogP contribution in [0.25, 0.3) is 17.0 Å². The second-order valence-corrected chi connectivity index (χ2v) is 8.89. The van der Waals surface area contributed by atoms with E-state index in [2.05, 4.69) is 31.5 Å². The largest absolute Gasteiger partial charge is 0.375 e. The van der Waals surface area contributed by atoms with Gasteiger partial charge in [-0.15, -0.1) is 0 Å². The van der Waals surface area contributed by atoms with Crippen molar-refractivity contribution < 1.29 is 18.7 Å². The molecule has 2 atom stereocenters. The molecule has 1 amide bonds. The first kappa shape index (κ1) is 24.8. The highest BCUT2D eigenvalue weighted by molar-refractivity contribution is 9.10. The van der Waals surface area contributed by atoms with E-state index in [1.807, 2.05) is 24.4 Å². The van der Waals surface area contributed by atoms with Crippen molar-refractivity contribution in [1.29, 1.82) is 0 Å². The summed E-state index contributed by atoms with van der Waals surface area (Å²) in [5.74, 6) is -0.996. The summed E-state index contributed by atoms with van der Waals surface area (Å²) >= 11 is 3.14. The minimum Gasteiger partial charge on any atom is -0.375 e. The van der Waals surface area contributed by atoms with Crippen LogP contribution in [0.1, 0.15) is 22.7 Å². The quantitative estimate of drug-likeness (QED) is 0.220. The number of aliphatic hydroxyl groups is 1. The number of nitrogens with one attached hydrogen (secondary N) is 3. The molecule has 0 fully saturated rings. The topological polar surface area (TPSA) is 77.2 Å². The van der Waals surface area contributed by atoms with E-state index in [4.69, 9.17) is 0 Å². The van der Waals surface area contributed by atoms with Crippen molar-refractivity contribution in [3.8, 4) is 0 Å². The fourth-order valence-electron chi connectivity index (χ4n) is 3.79. The average Bonchev–Trinajstić information content (AvgIpc) is 3.25. The van der Waals surface area contributed by atoms with E-state index < -0.39 is 12.3 Å². The summed E-state index contributed by atoms with van der Waals surface area (Å²) in [7, 11) is 0. The summed E-state index contributed by atoms with van der Waals surface area (Å²) in [6.07, 6.45) is 4.32. The lowest BCUT2D eigenvalue weighted by Crippen LogP contribution is -2.42. The summed E-state index contributed by atoms with van der Waals surface area (Å²) in [6.45, 7) is 0.336. The van der Waals surface area contributed by atoms with Crippen molar-refractivity contribution in [2.45, 2.75) is 18.7 Å². The van der Waals surface area contributed by atoms with Crippen LogP contribution in [0, 0.1) is 11.6 Å². The molecule has 0 aliphatic heterocycles. The molecule has 0 radical (unpaired) electrons. The Kier molecular flexibility index (Phi) is 8.07. The van der Waals surface area contributed by atoms with Crippen LogP contribution in [0.5, 0.6) is 0 Å². The second kappa shape index (κ2) is 11.4. The Morgan fingerprint density at radius 3 is 2.66 bits per heavy atom. The Morgan fingerprint density at radius 2 is 1.89 bits per heavy atom. The maximum absolute atomic E-state index is 13.6. The van der Waals surface area contributed by atoms with Gasteiger partial charge >= 0.3 is 0 Å². The van der Waals surface area contributed by atoms with Gasteiger partial charge < -0.3 is 15.4 Å². The highest BCUT2D eigenvalue weighted by atomic mass is 79.9. The summed E-state index contributed by atoms with van der Waals surface area (Å²) in [4.78, 5) is 16.2. The summed E-state index contributed by atoms with van der Waals surface area (Å²) in [5.41, 5.74) is 3.11.